The van der Waals surface area contributed by atoms with Gasteiger partial charge in [0.05, 0.1) is 29.5 Å². The molecule has 1 aromatic carbocycles. The quantitative estimate of drug-likeness (QED) is 0.915. The first-order chi connectivity index (χ1) is 9.25. The van der Waals surface area contributed by atoms with Gasteiger partial charge in [0.1, 0.15) is 0 Å². The van der Waals surface area contributed by atoms with Gasteiger partial charge in [0.15, 0.2) is 0 Å². The molecule has 96 valence electrons. The number of amides is 1. The fraction of sp³-hybridized carbons (Fsp3) is 0.143. The Kier molecular flexibility index (Phi) is 3.09. The fourth-order valence-corrected chi connectivity index (χ4v) is 2.31. The molecule has 0 aliphatic carbocycles. The minimum Gasteiger partial charge on any atom is -0.374 e. The predicted octanol–water partition coefficient (Wildman–Crippen LogP) is 2.69. The normalized spacial score (nSPS) is 13.9. The maximum Gasteiger partial charge on any atom is 0.246 e. The van der Waals surface area contributed by atoms with Crippen LogP contribution in [0.5, 0.6) is 0 Å². The van der Waals surface area contributed by atoms with Crippen molar-refractivity contribution in [3.8, 4) is 0 Å². The lowest BCUT2D eigenvalue weighted by molar-refractivity contribution is -0.117. The molecule has 2 heterocycles. The van der Waals surface area contributed by atoms with Crippen molar-refractivity contribution < 1.29 is 4.79 Å². The molecule has 1 amide bonds. The van der Waals surface area contributed by atoms with Gasteiger partial charge in [-0.05, 0) is 23.8 Å². The van der Waals surface area contributed by atoms with Crippen LogP contribution in [0.15, 0.2) is 42.7 Å². The summed E-state index contributed by atoms with van der Waals surface area (Å²) in [6, 6.07) is 9.58. The Morgan fingerprint density at radius 2 is 2.16 bits per heavy atom. The molecule has 1 N–H and O–H groups in total. The first kappa shape index (κ1) is 12.0. The fourth-order valence-electron chi connectivity index (χ4n) is 2.14. The van der Waals surface area contributed by atoms with Gasteiger partial charge in [0, 0.05) is 12.4 Å². The lowest BCUT2D eigenvalue weighted by Crippen LogP contribution is -2.39. The molecule has 2 aromatic rings. The zero-order valence-electron chi connectivity index (χ0n) is 10.1. The molecule has 19 heavy (non-hydrogen) atoms. The number of anilines is 2. The van der Waals surface area contributed by atoms with Gasteiger partial charge < -0.3 is 10.2 Å². The van der Waals surface area contributed by atoms with Gasteiger partial charge >= 0.3 is 0 Å². The summed E-state index contributed by atoms with van der Waals surface area (Å²) in [4.78, 5) is 17.8. The molecule has 5 heteroatoms. The summed E-state index contributed by atoms with van der Waals surface area (Å²) in [5, 5.41) is 3.68. The molecular weight excluding hydrogens is 262 g/mol. The van der Waals surface area contributed by atoms with Crippen LogP contribution in [0, 0.1) is 0 Å². The minimum absolute atomic E-state index is 0.0339. The first-order valence-electron chi connectivity index (χ1n) is 5.97. The van der Waals surface area contributed by atoms with Crippen LogP contribution in [0.3, 0.4) is 0 Å². The molecule has 1 aromatic heterocycles. The topological polar surface area (TPSA) is 45.2 Å². The molecular formula is C14H12ClN3O. The van der Waals surface area contributed by atoms with E-state index >= 15 is 0 Å². The lowest BCUT2D eigenvalue weighted by Gasteiger charge is -2.30. The number of nitrogens with zero attached hydrogens (tertiary/aromatic N) is 2. The molecule has 0 saturated carbocycles. The Bertz CT molecular complexity index is 630. The van der Waals surface area contributed by atoms with Crippen LogP contribution in [0.1, 0.15) is 5.56 Å². The number of hydrogen-bond donors (Lipinski definition) is 1. The van der Waals surface area contributed by atoms with Crippen molar-refractivity contribution in [1.82, 2.24) is 4.98 Å². The summed E-state index contributed by atoms with van der Waals surface area (Å²) in [6.45, 7) is 0.762. The third-order valence-corrected chi connectivity index (χ3v) is 3.45. The zero-order valence-corrected chi connectivity index (χ0v) is 10.9. The number of rotatable bonds is 2. The third kappa shape index (κ3) is 2.27. The van der Waals surface area contributed by atoms with E-state index in [0.29, 0.717) is 18.1 Å². The molecule has 0 atom stereocenters. The summed E-state index contributed by atoms with van der Waals surface area (Å²) in [7, 11) is 0. The number of carbonyl (C=O) groups excluding carboxylic acids is 1. The number of carbonyl (C=O) groups is 1. The van der Waals surface area contributed by atoms with Gasteiger partial charge in [-0.2, -0.15) is 0 Å². The second-order valence-electron chi connectivity index (χ2n) is 4.32. The minimum atomic E-state index is 0.0339. The molecule has 1 aliphatic rings. The van der Waals surface area contributed by atoms with Crippen molar-refractivity contribution in [2.45, 2.75) is 6.54 Å². The lowest BCUT2D eigenvalue weighted by atomic mass is 10.1. The van der Waals surface area contributed by atoms with E-state index in [1.54, 1.807) is 17.3 Å². The van der Waals surface area contributed by atoms with Gasteiger partial charge in [-0.25, -0.2) is 0 Å². The highest BCUT2D eigenvalue weighted by Crippen LogP contribution is 2.31. The standard InChI is InChI=1S/C14H12ClN3O/c15-11-7-16-6-5-10(11)9-18-13-4-2-1-3-12(13)17-8-14(18)19/h1-7,17H,8-9H2. The van der Waals surface area contributed by atoms with Crippen LogP contribution in [0.4, 0.5) is 11.4 Å². The SMILES string of the molecule is O=C1CNc2ccccc2N1Cc1ccncc1Cl. The smallest absolute Gasteiger partial charge is 0.246 e. The van der Waals surface area contributed by atoms with Crippen LogP contribution >= 0.6 is 11.6 Å². The van der Waals surface area contributed by atoms with Crippen molar-refractivity contribution in [3.05, 3.63) is 53.3 Å². The van der Waals surface area contributed by atoms with Gasteiger partial charge in [-0.1, -0.05) is 23.7 Å². The van der Waals surface area contributed by atoms with E-state index in [2.05, 4.69) is 10.3 Å². The van der Waals surface area contributed by atoms with Gasteiger partial charge in [0.25, 0.3) is 0 Å². The molecule has 0 fully saturated rings. The number of pyridine rings is 1. The van der Waals surface area contributed by atoms with Gasteiger partial charge in [-0.15, -0.1) is 0 Å². The highest BCUT2D eigenvalue weighted by Gasteiger charge is 2.23. The molecule has 4 nitrogen and oxygen atoms in total. The molecule has 0 saturated heterocycles. The molecule has 0 radical (unpaired) electrons. The highest BCUT2D eigenvalue weighted by molar-refractivity contribution is 6.31. The maximum atomic E-state index is 12.1. The molecule has 3 rings (SSSR count). The predicted molar refractivity (Wildman–Crippen MR) is 75.4 cm³/mol. The number of hydrogen-bond acceptors (Lipinski definition) is 3. The van der Waals surface area contributed by atoms with E-state index in [-0.39, 0.29) is 5.91 Å². The summed E-state index contributed by atoms with van der Waals surface area (Å²) < 4.78 is 0. The number of para-hydroxylation sites is 2. The van der Waals surface area contributed by atoms with Crippen LogP contribution in [-0.2, 0) is 11.3 Å². The van der Waals surface area contributed by atoms with Crippen LogP contribution < -0.4 is 10.2 Å². The molecule has 0 spiro atoms. The van der Waals surface area contributed by atoms with Crippen LogP contribution in [-0.4, -0.2) is 17.4 Å². The highest BCUT2D eigenvalue weighted by atomic mass is 35.5. The van der Waals surface area contributed by atoms with Gasteiger partial charge in [-0.3, -0.25) is 9.78 Å². The van der Waals surface area contributed by atoms with E-state index in [1.165, 1.54) is 0 Å². The Balaban J connectivity index is 1.96. The second kappa shape index (κ2) is 4.90. The van der Waals surface area contributed by atoms with Crippen molar-refractivity contribution in [2.24, 2.45) is 0 Å². The monoisotopic (exact) mass is 273 g/mol. The van der Waals surface area contributed by atoms with Gasteiger partial charge in [0.2, 0.25) is 5.91 Å². The first-order valence-corrected chi connectivity index (χ1v) is 6.35. The third-order valence-electron chi connectivity index (χ3n) is 3.11. The van der Waals surface area contributed by atoms with Crippen molar-refractivity contribution in [1.29, 1.82) is 0 Å². The Hall–Kier alpha value is -2.07. The van der Waals surface area contributed by atoms with Crippen LogP contribution in [0.2, 0.25) is 5.02 Å². The van der Waals surface area contributed by atoms with E-state index in [4.69, 9.17) is 11.6 Å². The maximum absolute atomic E-state index is 12.1. The van der Waals surface area contributed by atoms with E-state index in [0.717, 1.165) is 16.9 Å². The summed E-state index contributed by atoms with van der Waals surface area (Å²) in [5.74, 6) is 0.0339. The number of aromatic nitrogens is 1. The Morgan fingerprint density at radius 1 is 1.32 bits per heavy atom. The average molecular weight is 274 g/mol. The Labute approximate surface area is 116 Å². The van der Waals surface area contributed by atoms with Crippen molar-refractivity contribution in [3.63, 3.8) is 0 Å². The molecule has 1 aliphatic heterocycles. The van der Waals surface area contributed by atoms with E-state index in [1.807, 2.05) is 30.3 Å². The number of nitrogens with one attached hydrogen (secondary N) is 1. The number of fused-ring (bicyclic) bond motifs is 1. The molecule has 0 unspecified atom stereocenters. The molecule has 0 bridgehead atoms. The van der Waals surface area contributed by atoms with Crippen LogP contribution in [0.25, 0.3) is 0 Å². The average Bonchev–Trinajstić information content (AvgIpc) is 2.44. The number of benzene rings is 1. The summed E-state index contributed by atoms with van der Waals surface area (Å²) >= 11 is 6.10. The van der Waals surface area contributed by atoms with E-state index in [9.17, 15) is 4.79 Å². The van der Waals surface area contributed by atoms with Crippen molar-refractivity contribution in [2.75, 3.05) is 16.8 Å². The number of halogens is 1. The zero-order chi connectivity index (χ0) is 13.2. The Morgan fingerprint density at radius 3 is 3.00 bits per heavy atom. The second-order valence-corrected chi connectivity index (χ2v) is 4.72. The summed E-state index contributed by atoms with van der Waals surface area (Å²) in [5.41, 5.74) is 2.74. The largest absolute Gasteiger partial charge is 0.374 e. The van der Waals surface area contributed by atoms with Crippen molar-refractivity contribution >= 4 is 28.9 Å². The summed E-state index contributed by atoms with van der Waals surface area (Å²) in [6.07, 6.45) is 3.27. The van der Waals surface area contributed by atoms with E-state index < -0.39 is 0 Å².